The van der Waals surface area contributed by atoms with Crippen molar-refractivity contribution in [3.8, 4) is 6.07 Å². The normalized spacial score (nSPS) is 9.92. The van der Waals surface area contributed by atoms with Gasteiger partial charge in [-0.1, -0.05) is 18.2 Å². The second-order valence-corrected chi connectivity index (χ2v) is 5.44. The van der Waals surface area contributed by atoms with E-state index < -0.39 is 17.8 Å². The van der Waals surface area contributed by atoms with E-state index in [2.05, 4.69) is 10.7 Å². The highest BCUT2D eigenvalue weighted by molar-refractivity contribution is 6.12. The molecule has 8 nitrogen and oxygen atoms in total. The van der Waals surface area contributed by atoms with E-state index in [1.54, 1.807) is 44.2 Å². The molecule has 0 unspecified atom stereocenters. The number of ether oxygens (including phenoxy) is 1. The molecule has 0 spiro atoms. The molecule has 0 aliphatic carbocycles. The smallest absolute Gasteiger partial charge is 0.340 e. The van der Waals surface area contributed by atoms with Gasteiger partial charge in [0.1, 0.15) is 6.42 Å². The van der Waals surface area contributed by atoms with Crippen LogP contribution < -0.4 is 10.7 Å². The number of para-hydroxylation sites is 1. The standard InChI is InChI=1S/C18H18N4O4/c1-11-15(17(24)20-13-7-5-4-6-8-13)16(18(25)26-3)12(2)22(11)21-14(23)9-10-19/h4-8H,9H2,1-3H3,(H,20,24)(H,21,23). The number of carbonyl (C=O) groups is 3. The zero-order valence-corrected chi connectivity index (χ0v) is 14.6. The molecule has 0 atom stereocenters. The zero-order valence-electron chi connectivity index (χ0n) is 14.6. The highest BCUT2D eigenvalue weighted by Crippen LogP contribution is 2.24. The van der Waals surface area contributed by atoms with Crippen molar-refractivity contribution in [3.05, 3.63) is 52.8 Å². The molecule has 0 saturated heterocycles. The number of carbonyl (C=O) groups excluding carboxylic acids is 3. The highest BCUT2D eigenvalue weighted by Gasteiger charge is 2.29. The molecule has 0 bridgehead atoms. The summed E-state index contributed by atoms with van der Waals surface area (Å²) in [5.41, 5.74) is 3.89. The van der Waals surface area contributed by atoms with Gasteiger partial charge in [-0.2, -0.15) is 5.26 Å². The summed E-state index contributed by atoms with van der Waals surface area (Å²) >= 11 is 0. The van der Waals surface area contributed by atoms with Gasteiger partial charge in [-0.25, -0.2) is 4.79 Å². The Bertz CT molecular complexity index is 894. The zero-order chi connectivity index (χ0) is 19.3. The topological polar surface area (TPSA) is 113 Å². The van der Waals surface area contributed by atoms with Crippen LogP contribution in [0.15, 0.2) is 30.3 Å². The molecule has 1 heterocycles. The molecular weight excluding hydrogens is 336 g/mol. The van der Waals surface area contributed by atoms with E-state index in [0.29, 0.717) is 17.1 Å². The molecule has 134 valence electrons. The van der Waals surface area contributed by atoms with Crippen molar-refractivity contribution in [3.63, 3.8) is 0 Å². The minimum absolute atomic E-state index is 0.0516. The van der Waals surface area contributed by atoms with Crippen molar-refractivity contribution < 1.29 is 19.1 Å². The molecule has 0 aliphatic heterocycles. The fourth-order valence-electron chi connectivity index (χ4n) is 2.59. The molecule has 0 radical (unpaired) electrons. The van der Waals surface area contributed by atoms with Crippen molar-refractivity contribution in [1.29, 1.82) is 5.26 Å². The van der Waals surface area contributed by atoms with Crippen molar-refractivity contribution in [2.45, 2.75) is 20.3 Å². The van der Waals surface area contributed by atoms with Crippen molar-refractivity contribution in [1.82, 2.24) is 4.68 Å². The number of nitrogens with zero attached hydrogens (tertiary/aromatic N) is 2. The second-order valence-electron chi connectivity index (χ2n) is 5.44. The van der Waals surface area contributed by atoms with Gasteiger partial charge in [-0.3, -0.25) is 19.7 Å². The molecule has 2 amide bonds. The number of hydrogen-bond donors (Lipinski definition) is 2. The summed E-state index contributed by atoms with van der Waals surface area (Å²) in [6.07, 6.45) is -0.351. The van der Waals surface area contributed by atoms with Crippen LogP contribution in [0, 0.1) is 25.2 Å². The number of aromatic nitrogens is 1. The van der Waals surface area contributed by atoms with E-state index >= 15 is 0 Å². The molecule has 26 heavy (non-hydrogen) atoms. The predicted octanol–water partition coefficient (Wildman–Crippen LogP) is 2.13. The van der Waals surface area contributed by atoms with Crippen molar-refractivity contribution >= 4 is 23.5 Å². The summed E-state index contributed by atoms with van der Waals surface area (Å²) in [4.78, 5) is 36.7. The maximum Gasteiger partial charge on any atom is 0.340 e. The summed E-state index contributed by atoms with van der Waals surface area (Å²) < 4.78 is 6.09. The lowest BCUT2D eigenvalue weighted by atomic mass is 10.1. The Morgan fingerprint density at radius 1 is 1.12 bits per heavy atom. The number of esters is 1. The first-order valence-electron chi connectivity index (χ1n) is 7.74. The number of nitriles is 1. The summed E-state index contributed by atoms with van der Waals surface area (Å²) in [6, 6.07) is 10.5. The molecular formula is C18H18N4O4. The van der Waals surface area contributed by atoms with Crippen LogP contribution in [0.5, 0.6) is 0 Å². The number of anilines is 1. The maximum absolute atomic E-state index is 12.8. The Labute approximate surface area is 150 Å². The minimum Gasteiger partial charge on any atom is -0.465 e. The monoisotopic (exact) mass is 354 g/mol. The van der Waals surface area contributed by atoms with E-state index in [0.717, 1.165) is 0 Å². The van der Waals surface area contributed by atoms with E-state index in [4.69, 9.17) is 10.00 Å². The first-order valence-corrected chi connectivity index (χ1v) is 7.74. The molecule has 0 fully saturated rings. The first-order chi connectivity index (χ1) is 12.4. The quantitative estimate of drug-likeness (QED) is 0.799. The van der Waals surface area contributed by atoms with Gasteiger partial charge in [0.25, 0.3) is 11.8 Å². The third kappa shape index (κ3) is 3.72. The number of rotatable bonds is 5. The lowest BCUT2D eigenvalue weighted by Gasteiger charge is -2.10. The van der Waals surface area contributed by atoms with Gasteiger partial charge in [-0.15, -0.1) is 0 Å². The van der Waals surface area contributed by atoms with Crippen LogP contribution >= 0.6 is 0 Å². The fraction of sp³-hybridized carbons (Fsp3) is 0.222. The van der Waals surface area contributed by atoms with Crippen LogP contribution in [0.25, 0.3) is 0 Å². The van der Waals surface area contributed by atoms with Crippen LogP contribution in [0.4, 0.5) is 5.69 Å². The largest absolute Gasteiger partial charge is 0.465 e. The van der Waals surface area contributed by atoms with Gasteiger partial charge in [0.05, 0.1) is 35.7 Å². The lowest BCUT2D eigenvalue weighted by Crippen LogP contribution is -2.24. The van der Waals surface area contributed by atoms with Crippen molar-refractivity contribution in [2.75, 3.05) is 17.9 Å². The van der Waals surface area contributed by atoms with E-state index in [-0.39, 0.29) is 17.5 Å². The second kappa shape index (κ2) is 7.98. The Kier molecular flexibility index (Phi) is 5.75. The average Bonchev–Trinajstić information content (AvgIpc) is 2.87. The van der Waals surface area contributed by atoms with E-state index in [1.165, 1.54) is 11.8 Å². The van der Waals surface area contributed by atoms with Crippen LogP contribution in [0.2, 0.25) is 0 Å². The number of nitrogens with one attached hydrogen (secondary N) is 2. The molecule has 1 aromatic heterocycles. The summed E-state index contributed by atoms with van der Waals surface area (Å²) in [6.45, 7) is 3.16. The molecule has 1 aromatic carbocycles. The third-order valence-corrected chi connectivity index (χ3v) is 3.77. The number of hydrogen-bond acceptors (Lipinski definition) is 5. The van der Waals surface area contributed by atoms with Gasteiger partial charge in [0.15, 0.2) is 0 Å². The van der Waals surface area contributed by atoms with Gasteiger partial charge in [-0.05, 0) is 26.0 Å². The van der Waals surface area contributed by atoms with Crippen LogP contribution in [0.1, 0.15) is 38.5 Å². The molecule has 2 aromatic rings. The highest BCUT2D eigenvalue weighted by atomic mass is 16.5. The molecule has 8 heteroatoms. The third-order valence-electron chi connectivity index (χ3n) is 3.77. The van der Waals surface area contributed by atoms with E-state index in [9.17, 15) is 14.4 Å². The SMILES string of the molecule is COC(=O)c1c(C(=O)Nc2ccccc2)c(C)n(NC(=O)CC#N)c1C. The number of amides is 2. The summed E-state index contributed by atoms with van der Waals surface area (Å²) in [7, 11) is 1.21. The molecule has 0 aliphatic rings. The van der Waals surface area contributed by atoms with Gasteiger partial charge < -0.3 is 10.1 Å². The van der Waals surface area contributed by atoms with Crippen LogP contribution in [-0.4, -0.2) is 29.6 Å². The number of methoxy groups -OCH3 is 1. The Hall–Kier alpha value is -3.60. The molecule has 0 saturated carbocycles. The lowest BCUT2D eigenvalue weighted by molar-refractivity contribution is -0.116. The Morgan fingerprint density at radius 2 is 1.73 bits per heavy atom. The Morgan fingerprint density at radius 3 is 2.31 bits per heavy atom. The maximum atomic E-state index is 12.8. The minimum atomic E-state index is -0.697. The summed E-state index contributed by atoms with van der Waals surface area (Å²) in [5.74, 6) is -1.76. The molecule has 2 rings (SSSR count). The Balaban J connectivity index is 2.49. The van der Waals surface area contributed by atoms with Gasteiger partial charge >= 0.3 is 5.97 Å². The fourth-order valence-corrected chi connectivity index (χ4v) is 2.59. The van der Waals surface area contributed by atoms with Crippen molar-refractivity contribution in [2.24, 2.45) is 0 Å². The first kappa shape index (κ1) is 18.7. The number of benzene rings is 1. The predicted molar refractivity (Wildman–Crippen MR) is 94.2 cm³/mol. The van der Waals surface area contributed by atoms with Gasteiger partial charge in [0, 0.05) is 5.69 Å². The van der Waals surface area contributed by atoms with Crippen LogP contribution in [0.3, 0.4) is 0 Å². The van der Waals surface area contributed by atoms with E-state index in [1.807, 2.05) is 6.07 Å². The summed E-state index contributed by atoms with van der Waals surface area (Å²) in [5, 5.41) is 11.3. The molecule has 2 N–H and O–H groups in total. The van der Waals surface area contributed by atoms with Crippen LogP contribution in [-0.2, 0) is 9.53 Å². The van der Waals surface area contributed by atoms with Gasteiger partial charge in [0.2, 0.25) is 0 Å². The average molecular weight is 354 g/mol.